The molecule has 0 N–H and O–H groups in total. The first-order valence-corrected chi connectivity index (χ1v) is 8.16. The second-order valence-electron chi connectivity index (χ2n) is 5.83. The number of nitrogens with zero attached hydrogens (tertiary/aromatic N) is 2. The lowest BCUT2D eigenvalue weighted by Crippen LogP contribution is -2.36. The Bertz CT molecular complexity index is 734. The van der Waals surface area contributed by atoms with Crippen molar-refractivity contribution >= 4 is 28.4 Å². The van der Waals surface area contributed by atoms with Crippen molar-refractivity contribution in [2.75, 3.05) is 34.0 Å². The van der Waals surface area contributed by atoms with Crippen LogP contribution >= 0.6 is 11.6 Å². The van der Waals surface area contributed by atoms with E-state index in [1.807, 2.05) is 19.9 Å². The van der Waals surface area contributed by atoms with Crippen molar-refractivity contribution in [3.63, 3.8) is 0 Å². The highest BCUT2D eigenvalue weighted by Crippen LogP contribution is 2.25. The number of carbonyl (C=O) groups is 1. The van der Waals surface area contributed by atoms with Gasteiger partial charge in [0.1, 0.15) is 11.8 Å². The molecule has 5 nitrogen and oxygen atoms in total. The predicted molar refractivity (Wildman–Crippen MR) is 95.4 cm³/mol. The molecular formula is C18H23ClN2O3. The minimum atomic E-state index is -0.105. The van der Waals surface area contributed by atoms with Gasteiger partial charge in [-0.15, -0.1) is 0 Å². The van der Waals surface area contributed by atoms with Gasteiger partial charge in [0, 0.05) is 38.3 Å². The minimum absolute atomic E-state index is 0.0283. The van der Waals surface area contributed by atoms with E-state index in [1.54, 1.807) is 12.0 Å². The number of rotatable bonds is 7. The Kier molecular flexibility index (Phi) is 6.54. The summed E-state index contributed by atoms with van der Waals surface area (Å²) in [7, 11) is 3.11. The van der Waals surface area contributed by atoms with E-state index in [-0.39, 0.29) is 12.5 Å². The van der Waals surface area contributed by atoms with Gasteiger partial charge in [-0.3, -0.25) is 4.79 Å². The number of amides is 1. The third kappa shape index (κ3) is 4.44. The van der Waals surface area contributed by atoms with E-state index >= 15 is 0 Å². The van der Waals surface area contributed by atoms with E-state index in [4.69, 9.17) is 21.1 Å². The Morgan fingerprint density at radius 1 is 1.21 bits per heavy atom. The molecule has 0 radical (unpaired) electrons. The molecule has 130 valence electrons. The van der Waals surface area contributed by atoms with Gasteiger partial charge in [0.2, 0.25) is 5.91 Å². The molecule has 0 atom stereocenters. The summed E-state index contributed by atoms with van der Waals surface area (Å²) in [6, 6.07) is 6.16. The third-order valence-corrected chi connectivity index (χ3v) is 4.15. The third-order valence-electron chi connectivity index (χ3n) is 3.83. The normalized spacial score (nSPS) is 11.0. The molecule has 0 aliphatic heterocycles. The Morgan fingerprint density at radius 2 is 1.96 bits per heavy atom. The van der Waals surface area contributed by atoms with Gasteiger partial charge in [-0.2, -0.15) is 0 Å². The number of benzene rings is 1. The molecule has 0 unspecified atom stereocenters. The standard InChI is InChI=1S/C18H23ClN2O3/c1-12-7-13(2)17-14(8-12)9-15(18(19)20-17)10-21(5-6-23-3)16(22)11-24-4/h7-9H,5-6,10-11H2,1-4H3. The van der Waals surface area contributed by atoms with Gasteiger partial charge in [-0.05, 0) is 31.5 Å². The smallest absolute Gasteiger partial charge is 0.248 e. The summed E-state index contributed by atoms with van der Waals surface area (Å²) in [5, 5.41) is 1.44. The summed E-state index contributed by atoms with van der Waals surface area (Å²) in [5.41, 5.74) is 3.96. The summed E-state index contributed by atoms with van der Waals surface area (Å²) in [6.45, 7) is 5.39. The van der Waals surface area contributed by atoms with Gasteiger partial charge in [0.05, 0.1) is 12.1 Å². The van der Waals surface area contributed by atoms with Crippen molar-refractivity contribution in [1.82, 2.24) is 9.88 Å². The minimum Gasteiger partial charge on any atom is -0.383 e. The molecule has 0 spiro atoms. The maximum Gasteiger partial charge on any atom is 0.248 e. The quantitative estimate of drug-likeness (QED) is 0.720. The van der Waals surface area contributed by atoms with Crippen molar-refractivity contribution < 1.29 is 14.3 Å². The Balaban J connectivity index is 2.34. The average molecular weight is 351 g/mol. The van der Waals surface area contributed by atoms with Crippen LogP contribution in [0.4, 0.5) is 0 Å². The van der Waals surface area contributed by atoms with Crippen LogP contribution in [0.2, 0.25) is 5.15 Å². The number of carbonyl (C=O) groups excluding carboxylic acids is 1. The Morgan fingerprint density at radius 3 is 2.62 bits per heavy atom. The Labute approximate surface area is 147 Å². The van der Waals surface area contributed by atoms with E-state index in [9.17, 15) is 4.79 Å². The second-order valence-corrected chi connectivity index (χ2v) is 6.19. The van der Waals surface area contributed by atoms with Crippen LogP contribution in [0.5, 0.6) is 0 Å². The molecule has 0 saturated heterocycles. The van der Waals surface area contributed by atoms with Crippen LogP contribution in [0.15, 0.2) is 18.2 Å². The zero-order valence-corrected chi connectivity index (χ0v) is 15.3. The van der Waals surface area contributed by atoms with Gasteiger partial charge in [-0.1, -0.05) is 23.2 Å². The molecule has 2 rings (SSSR count). The number of aryl methyl sites for hydroxylation is 2. The van der Waals surface area contributed by atoms with Crippen molar-refractivity contribution in [1.29, 1.82) is 0 Å². The molecule has 2 aromatic rings. The summed E-state index contributed by atoms with van der Waals surface area (Å²) in [4.78, 5) is 18.4. The van der Waals surface area contributed by atoms with Crippen molar-refractivity contribution in [3.05, 3.63) is 40.0 Å². The lowest BCUT2D eigenvalue weighted by atomic mass is 10.1. The van der Waals surface area contributed by atoms with Gasteiger partial charge in [0.15, 0.2) is 0 Å². The first kappa shape index (κ1) is 18.6. The fourth-order valence-corrected chi connectivity index (χ4v) is 2.90. The van der Waals surface area contributed by atoms with Gasteiger partial charge >= 0.3 is 0 Å². The van der Waals surface area contributed by atoms with E-state index < -0.39 is 0 Å². The van der Waals surface area contributed by atoms with Crippen LogP contribution in [0.1, 0.15) is 16.7 Å². The molecule has 6 heteroatoms. The van der Waals surface area contributed by atoms with Gasteiger partial charge < -0.3 is 14.4 Å². The fourth-order valence-electron chi connectivity index (χ4n) is 2.70. The molecule has 0 fully saturated rings. The SMILES string of the molecule is COCCN(Cc1cc2cc(C)cc(C)c2nc1Cl)C(=O)COC. The number of hydrogen-bond acceptors (Lipinski definition) is 4. The van der Waals surface area contributed by atoms with Crippen molar-refractivity contribution in [2.45, 2.75) is 20.4 Å². The van der Waals surface area contributed by atoms with Crippen LogP contribution in [0, 0.1) is 13.8 Å². The average Bonchev–Trinajstić information content (AvgIpc) is 2.52. The van der Waals surface area contributed by atoms with E-state index in [0.29, 0.717) is 24.8 Å². The van der Waals surface area contributed by atoms with Crippen LogP contribution in [0.3, 0.4) is 0 Å². The van der Waals surface area contributed by atoms with Gasteiger partial charge in [0.25, 0.3) is 0 Å². The molecule has 0 aliphatic rings. The number of ether oxygens (including phenoxy) is 2. The molecule has 0 aliphatic carbocycles. The highest BCUT2D eigenvalue weighted by molar-refractivity contribution is 6.30. The molecule has 1 heterocycles. The van der Waals surface area contributed by atoms with Crippen LogP contribution in [-0.2, 0) is 20.8 Å². The second kappa shape index (κ2) is 8.42. The van der Waals surface area contributed by atoms with E-state index in [0.717, 1.165) is 22.0 Å². The van der Waals surface area contributed by atoms with E-state index in [1.165, 1.54) is 12.7 Å². The molecule has 1 aromatic heterocycles. The van der Waals surface area contributed by atoms with Crippen LogP contribution in [-0.4, -0.2) is 49.8 Å². The largest absolute Gasteiger partial charge is 0.383 e. The summed E-state index contributed by atoms with van der Waals surface area (Å²) in [6.07, 6.45) is 0. The highest BCUT2D eigenvalue weighted by atomic mass is 35.5. The maximum absolute atomic E-state index is 12.2. The summed E-state index contributed by atoms with van der Waals surface area (Å²) < 4.78 is 10.0. The predicted octanol–water partition coefficient (Wildman–Crippen LogP) is 3.13. The molecular weight excluding hydrogens is 328 g/mol. The number of fused-ring (bicyclic) bond motifs is 1. The van der Waals surface area contributed by atoms with Crippen LogP contribution < -0.4 is 0 Å². The number of halogens is 1. The highest BCUT2D eigenvalue weighted by Gasteiger charge is 2.16. The van der Waals surface area contributed by atoms with Gasteiger partial charge in [-0.25, -0.2) is 4.98 Å². The van der Waals surface area contributed by atoms with E-state index in [2.05, 4.69) is 17.1 Å². The first-order chi connectivity index (χ1) is 11.5. The van der Waals surface area contributed by atoms with Crippen molar-refractivity contribution in [3.8, 4) is 0 Å². The Hall–Kier alpha value is -1.69. The van der Waals surface area contributed by atoms with Crippen molar-refractivity contribution in [2.24, 2.45) is 0 Å². The lowest BCUT2D eigenvalue weighted by Gasteiger charge is -2.23. The topological polar surface area (TPSA) is 51.7 Å². The zero-order valence-electron chi connectivity index (χ0n) is 14.6. The fraction of sp³-hybridized carbons (Fsp3) is 0.444. The first-order valence-electron chi connectivity index (χ1n) is 7.78. The number of methoxy groups -OCH3 is 2. The molecule has 24 heavy (non-hydrogen) atoms. The maximum atomic E-state index is 12.2. The zero-order chi connectivity index (χ0) is 17.7. The summed E-state index contributed by atoms with van der Waals surface area (Å²) in [5.74, 6) is -0.105. The lowest BCUT2D eigenvalue weighted by molar-refractivity contribution is -0.136. The summed E-state index contributed by atoms with van der Waals surface area (Å²) >= 11 is 6.36. The molecule has 0 bridgehead atoms. The monoisotopic (exact) mass is 350 g/mol. The number of pyridine rings is 1. The molecule has 1 aromatic carbocycles. The number of hydrogen-bond donors (Lipinski definition) is 0. The molecule has 0 saturated carbocycles. The molecule has 1 amide bonds. The number of aromatic nitrogens is 1. The van der Waals surface area contributed by atoms with Crippen LogP contribution in [0.25, 0.3) is 10.9 Å².